The van der Waals surface area contributed by atoms with Crippen molar-refractivity contribution in [2.75, 3.05) is 72.1 Å². The molecule has 0 radical (unpaired) electrons. The van der Waals surface area contributed by atoms with Crippen LogP contribution >= 0.6 is 0 Å². The van der Waals surface area contributed by atoms with Crippen LogP contribution in [0.2, 0.25) is 0 Å². The van der Waals surface area contributed by atoms with Gasteiger partial charge in [0.15, 0.2) is 0 Å². The minimum Gasteiger partial charge on any atom is -0.379 e. The van der Waals surface area contributed by atoms with Crippen molar-refractivity contribution in [1.29, 1.82) is 0 Å². The first-order chi connectivity index (χ1) is 16.0. The second kappa shape index (κ2) is 10.4. The predicted octanol–water partition coefficient (Wildman–Crippen LogP) is 1.03. The SMILES string of the molecule is CCN1CCN(C2=C(c3ccc([N+](=O)[O-])cc3)C(=O)N(CCCN3CCOCC3)C2=O)CC1. The zero-order chi connectivity index (χ0) is 23.4. The maximum absolute atomic E-state index is 13.5. The summed E-state index contributed by atoms with van der Waals surface area (Å²) in [5, 5.41) is 11.1. The zero-order valence-electron chi connectivity index (χ0n) is 19.1. The molecule has 3 aliphatic rings. The summed E-state index contributed by atoms with van der Waals surface area (Å²) < 4.78 is 5.38. The van der Waals surface area contributed by atoms with Crippen molar-refractivity contribution in [2.45, 2.75) is 13.3 Å². The van der Waals surface area contributed by atoms with Gasteiger partial charge in [-0.2, -0.15) is 0 Å². The van der Waals surface area contributed by atoms with Gasteiger partial charge in [-0.05, 0) is 30.7 Å². The standard InChI is InChI=1S/C23H31N5O5/c1-2-24-10-12-26(13-11-24)21-20(18-4-6-19(7-5-18)28(31)32)22(29)27(23(21)30)9-3-8-25-14-16-33-17-15-25/h4-7H,2-3,8-17H2,1H3. The van der Waals surface area contributed by atoms with Crippen LogP contribution in [0.1, 0.15) is 18.9 Å². The Morgan fingerprint density at radius 1 is 0.909 bits per heavy atom. The molecule has 2 saturated heterocycles. The first-order valence-electron chi connectivity index (χ1n) is 11.6. The average molecular weight is 458 g/mol. The normalized spacial score (nSPS) is 20.8. The molecule has 33 heavy (non-hydrogen) atoms. The lowest BCUT2D eigenvalue weighted by atomic mass is 10.0. The monoisotopic (exact) mass is 457 g/mol. The molecule has 10 nitrogen and oxygen atoms in total. The van der Waals surface area contributed by atoms with Crippen molar-refractivity contribution in [2.24, 2.45) is 0 Å². The van der Waals surface area contributed by atoms with E-state index in [1.807, 2.05) is 4.90 Å². The fraction of sp³-hybridized carbons (Fsp3) is 0.565. The van der Waals surface area contributed by atoms with Gasteiger partial charge in [-0.25, -0.2) is 0 Å². The van der Waals surface area contributed by atoms with Crippen LogP contribution < -0.4 is 0 Å². The van der Waals surface area contributed by atoms with Gasteiger partial charge in [0.25, 0.3) is 17.5 Å². The number of carbonyl (C=O) groups is 2. The quantitative estimate of drug-likeness (QED) is 0.324. The van der Waals surface area contributed by atoms with Gasteiger partial charge in [0.05, 0.1) is 23.7 Å². The predicted molar refractivity (Wildman–Crippen MR) is 122 cm³/mol. The molecule has 0 saturated carbocycles. The largest absolute Gasteiger partial charge is 0.379 e. The lowest BCUT2D eigenvalue weighted by molar-refractivity contribution is -0.384. The fourth-order valence-electron chi connectivity index (χ4n) is 4.63. The Kier molecular flexibility index (Phi) is 7.36. The van der Waals surface area contributed by atoms with Crippen LogP contribution in [0.25, 0.3) is 5.57 Å². The second-order valence-electron chi connectivity index (χ2n) is 8.52. The molecule has 2 amide bonds. The summed E-state index contributed by atoms with van der Waals surface area (Å²) in [5.41, 5.74) is 1.28. The van der Waals surface area contributed by atoms with E-state index in [1.165, 1.54) is 17.0 Å². The van der Waals surface area contributed by atoms with Crippen LogP contribution in [-0.4, -0.2) is 108 Å². The number of amides is 2. The minimum atomic E-state index is -0.470. The number of nitrogens with zero attached hydrogens (tertiary/aromatic N) is 5. The highest BCUT2D eigenvalue weighted by Crippen LogP contribution is 2.33. The summed E-state index contributed by atoms with van der Waals surface area (Å²) >= 11 is 0. The number of ether oxygens (including phenoxy) is 1. The van der Waals surface area contributed by atoms with Crippen molar-refractivity contribution in [3.63, 3.8) is 0 Å². The van der Waals surface area contributed by atoms with Crippen molar-refractivity contribution in [1.82, 2.24) is 19.6 Å². The molecule has 10 heteroatoms. The number of nitro groups is 1. The highest BCUT2D eigenvalue weighted by molar-refractivity contribution is 6.35. The Bertz CT molecular complexity index is 918. The number of morpholine rings is 1. The van der Waals surface area contributed by atoms with Crippen LogP contribution in [-0.2, 0) is 14.3 Å². The maximum atomic E-state index is 13.5. The van der Waals surface area contributed by atoms with Gasteiger partial charge in [0.2, 0.25) is 0 Å². The van der Waals surface area contributed by atoms with E-state index in [9.17, 15) is 19.7 Å². The number of hydrogen-bond donors (Lipinski definition) is 0. The lowest BCUT2D eigenvalue weighted by Gasteiger charge is -2.36. The molecular weight excluding hydrogens is 426 g/mol. The van der Waals surface area contributed by atoms with E-state index in [4.69, 9.17) is 4.74 Å². The molecule has 0 unspecified atom stereocenters. The number of hydrogen-bond acceptors (Lipinski definition) is 8. The average Bonchev–Trinajstić information content (AvgIpc) is 3.09. The van der Waals surface area contributed by atoms with Gasteiger partial charge in [0.1, 0.15) is 5.70 Å². The van der Waals surface area contributed by atoms with Crippen LogP contribution in [0, 0.1) is 10.1 Å². The third-order valence-corrected chi connectivity index (χ3v) is 6.61. The third-order valence-electron chi connectivity index (χ3n) is 6.61. The van der Waals surface area contributed by atoms with E-state index in [-0.39, 0.29) is 17.5 Å². The number of benzene rings is 1. The molecule has 4 rings (SSSR count). The Hall–Kier alpha value is -2.82. The van der Waals surface area contributed by atoms with Gasteiger partial charge in [-0.15, -0.1) is 0 Å². The van der Waals surface area contributed by atoms with Gasteiger partial charge < -0.3 is 14.5 Å². The van der Waals surface area contributed by atoms with Gasteiger partial charge in [-0.1, -0.05) is 6.92 Å². The topological polar surface area (TPSA) is 99.5 Å². The summed E-state index contributed by atoms with van der Waals surface area (Å²) in [5.74, 6) is -0.580. The number of piperazine rings is 1. The number of imide groups is 1. The summed E-state index contributed by atoms with van der Waals surface area (Å²) in [7, 11) is 0. The molecule has 0 atom stereocenters. The zero-order valence-corrected chi connectivity index (χ0v) is 19.1. The van der Waals surface area contributed by atoms with E-state index >= 15 is 0 Å². The van der Waals surface area contributed by atoms with E-state index < -0.39 is 4.92 Å². The van der Waals surface area contributed by atoms with Crippen LogP contribution in [0.3, 0.4) is 0 Å². The van der Waals surface area contributed by atoms with Crippen LogP contribution in [0.15, 0.2) is 30.0 Å². The number of likely N-dealkylation sites (N-methyl/N-ethyl adjacent to an activating group) is 1. The Labute approximate surface area is 193 Å². The van der Waals surface area contributed by atoms with Crippen molar-refractivity contribution in [3.05, 3.63) is 45.6 Å². The van der Waals surface area contributed by atoms with Gasteiger partial charge in [-0.3, -0.25) is 29.5 Å². The van der Waals surface area contributed by atoms with Crippen LogP contribution in [0.4, 0.5) is 5.69 Å². The molecule has 2 fully saturated rings. The molecule has 0 spiro atoms. The van der Waals surface area contributed by atoms with E-state index in [2.05, 4.69) is 16.7 Å². The summed E-state index contributed by atoms with van der Waals surface area (Å²) in [6, 6.07) is 5.90. The Morgan fingerprint density at radius 3 is 2.18 bits per heavy atom. The number of carbonyl (C=O) groups excluding carboxylic acids is 2. The van der Waals surface area contributed by atoms with Crippen molar-refractivity contribution >= 4 is 23.1 Å². The molecule has 3 heterocycles. The van der Waals surface area contributed by atoms with Gasteiger partial charge in [0, 0.05) is 64.5 Å². The molecular formula is C23H31N5O5. The fourth-order valence-corrected chi connectivity index (χ4v) is 4.63. The summed E-state index contributed by atoms with van der Waals surface area (Å²) in [4.78, 5) is 45.4. The highest BCUT2D eigenvalue weighted by atomic mass is 16.6. The Balaban J connectivity index is 1.55. The van der Waals surface area contributed by atoms with E-state index in [1.54, 1.807) is 12.1 Å². The lowest BCUT2D eigenvalue weighted by Crippen LogP contribution is -2.47. The number of rotatable bonds is 8. The molecule has 3 aliphatic heterocycles. The maximum Gasteiger partial charge on any atom is 0.277 e. The molecule has 0 aliphatic carbocycles. The molecule has 0 aromatic heterocycles. The van der Waals surface area contributed by atoms with E-state index in [0.29, 0.717) is 56.1 Å². The number of non-ortho nitro benzene ring substituents is 1. The van der Waals surface area contributed by atoms with Gasteiger partial charge >= 0.3 is 0 Å². The molecule has 1 aromatic carbocycles. The minimum absolute atomic E-state index is 0.0448. The first-order valence-corrected chi connectivity index (χ1v) is 11.6. The molecule has 1 aromatic rings. The molecule has 0 bridgehead atoms. The first kappa shape index (κ1) is 23.3. The smallest absolute Gasteiger partial charge is 0.277 e. The van der Waals surface area contributed by atoms with Crippen molar-refractivity contribution < 1.29 is 19.2 Å². The van der Waals surface area contributed by atoms with Crippen LogP contribution in [0.5, 0.6) is 0 Å². The summed E-state index contributed by atoms with van der Waals surface area (Å²) in [6.07, 6.45) is 0.696. The molecule has 178 valence electrons. The van der Waals surface area contributed by atoms with E-state index in [0.717, 1.165) is 39.3 Å². The molecule has 0 N–H and O–H groups in total. The highest BCUT2D eigenvalue weighted by Gasteiger charge is 2.42. The number of nitro benzene ring substituents is 1. The Morgan fingerprint density at radius 2 is 1.58 bits per heavy atom. The third kappa shape index (κ3) is 5.07. The second-order valence-corrected chi connectivity index (χ2v) is 8.52. The van der Waals surface area contributed by atoms with Crippen molar-refractivity contribution in [3.8, 4) is 0 Å². The summed E-state index contributed by atoms with van der Waals surface area (Å²) in [6.45, 7) is 10.3.